The van der Waals surface area contributed by atoms with Crippen LogP contribution in [0, 0.1) is 23.2 Å². The van der Waals surface area contributed by atoms with Crippen molar-refractivity contribution in [3.05, 3.63) is 0 Å². The van der Waals surface area contributed by atoms with Gasteiger partial charge < -0.3 is 21.1 Å². The summed E-state index contributed by atoms with van der Waals surface area (Å²) in [6, 6.07) is -0.495. The van der Waals surface area contributed by atoms with E-state index in [0.29, 0.717) is 24.8 Å². The number of nitrogens with one attached hydrogen (secondary N) is 3. The van der Waals surface area contributed by atoms with Crippen molar-refractivity contribution >= 4 is 11.8 Å². The van der Waals surface area contributed by atoms with Crippen molar-refractivity contribution in [2.75, 3.05) is 19.7 Å². The molecule has 0 aromatic heterocycles. The molecule has 0 radical (unpaired) electrons. The normalized spacial score (nSPS) is 37.8. The van der Waals surface area contributed by atoms with E-state index in [4.69, 9.17) is 0 Å². The lowest BCUT2D eigenvalue weighted by Gasteiger charge is -2.23. The van der Waals surface area contributed by atoms with E-state index in [-0.39, 0.29) is 41.8 Å². The third-order valence-corrected chi connectivity index (χ3v) is 5.64. The standard InChI is InChI=1S/C15H25N3O3/c1-15(2)10-6-17-12(11(10)15)14(21)18-9(7-19)5-8-3-4-16-13(8)20/h8-12,17,19H,3-7H2,1-2H3,(H,16,20)(H,18,21)/t8-,9-,10?,11?,12?/m0/s1. The fraction of sp³-hybridized carbons (Fsp3) is 0.867. The molecule has 1 aliphatic carbocycles. The molecule has 3 rings (SSSR count). The minimum absolute atomic E-state index is 0.0325. The number of hydrogen-bond acceptors (Lipinski definition) is 4. The summed E-state index contributed by atoms with van der Waals surface area (Å²) < 4.78 is 0. The number of carbonyl (C=O) groups excluding carboxylic acids is 2. The van der Waals surface area contributed by atoms with E-state index < -0.39 is 0 Å². The van der Waals surface area contributed by atoms with Gasteiger partial charge in [-0.3, -0.25) is 9.59 Å². The quantitative estimate of drug-likeness (QED) is 0.536. The smallest absolute Gasteiger partial charge is 0.237 e. The van der Waals surface area contributed by atoms with Crippen molar-refractivity contribution < 1.29 is 14.7 Å². The molecule has 2 saturated heterocycles. The Hall–Kier alpha value is -1.14. The summed E-state index contributed by atoms with van der Waals surface area (Å²) in [4.78, 5) is 24.0. The highest BCUT2D eigenvalue weighted by Gasteiger charge is 2.65. The lowest BCUT2D eigenvalue weighted by atomic mass is 9.97. The molecule has 4 N–H and O–H groups in total. The molecule has 2 aliphatic heterocycles. The number of rotatable bonds is 5. The first-order chi connectivity index (χ1) is 9.95. The lowest BCUT2D eigenvalue weighted by molar-refractivity contribution is -0.126. The molecule has 3 aliphatic rings. The number of piperidine rings is 1. The maximum Gasteiger partial charge on any atom is 0.237 e. The fourth-order valence-electron chi connectivity index (χ4n) is 4.16. The van der Waals surface area contributed by atoms with Gasteiger partial charge in [0.05, 0.1) is 18.7 Å². The Morgan fingerprint density at radius 1 is 1.52 bits per heavy atom. The number of aliphatic hydroxyl groups excluding tert-OH is 1. The molecule has 21 heavy (non-hydrogen) atoms. The second-order valence-corrected chi connectivity index (χ2v) is 7.24. The summed E-state index contributed by atoms with van der Waals surface area (Å²) in [7, 11) is 0. The van der Waals surface area contributed by atoms with E-state index in [9.17, 15) is 14.7 Å². The molecule has 6 nitrogen and oxygen atoms in total. The largest absolute Gasteiger partial charge is 0.394 e. The molecule has 6 heteroatoms. The fourth-order valence-corrected chi connectivity index (χ4v) is 4.16. The second-order valence-electron chi connectivity index (χ2n) is 7.24. The SMILES string of the molecule is CC1(C)C2CNC(C(=O)N[C@H](CO)C[C@@H]3CCNC3=O)C21. The summed E-state index contributed by atoms with van der Waals surface area (Å²) in [5.41, 5.74) is 0.243. The Morgan fingerprint density at radius 3 is 2.81 bits per heavy atom. The number of fused-ring (bicyclic) bond motifs is 1. The summed E-state index contributed by atoms with van der Waals surface area (Å²) in [6.07, 6.45) is 1.29. The summed E-state index contributed by atoms with van der Waals surface area (Å²) >= 11 is 0. The molecule has 5 atom stereocenters. The van der Waals surface area contributed by atoms with Crippen LogP contribution >= 0.6 is 0 Å². The van der Waals surface area contributed by atoms with Gasteiger partial charge in [0.15, 0.2) is 0 Å². The molecule has 0 aromatic carbocycles. The van der Waals surface area contributed by atoms with Crippen LogP contribution in [0.3, 0.4) is 0 Å². The molecule has 0 spiro atoms. The van der Waals surface area contributed by atoms with Crippen LogP contribution < -0.4 is 16.0 Å². The molecule has 1 saturated carbocycles. The predicted octanol–water partition coefficient (Wildman–Crippen LogP) is -0.766. The Labute approximate surface area is 125 Å². The van der Waals surface area contributed by atoms with Gasteiger partial charge in [-0.05, 0) is 36.6 Å². The molecule has 0 bridgehead atoms. The molecule has 3 fully saturated rings. The van der Waals surface area contributed by atoms with Gasteiger partial charge in [-0.1, -0.05) is 13.8 Å². The van der Waals surface area contributed by atoms with E-state index in [1.807, 2.05) is 0 Å². The predicted molar refractivity (Wildman–Crippen MR) is 77.3 cm³/mol. The van der Waals surface area contributed by atoms with Crippen LogP contribution in [0.25, 0.3) is 0 Å². The van der Waals surface area contributed by atoms with E-state index in [2.05, 4.69) is 29.8 Å². The Morgan fingerprint density at radius 2 is 2.29 bits per heavy atom. The van der Waals surface area contributed by atoms with Crippen molar-refractivity contribution in [1.29, 1.82) is 0 Å². The first-order valence-corrected chi connectivity index (χ1v) is 7.87. The van der Waals surface area contributed by atoms with Crippen LogP contribution in [0.5, 0.6) is 0 Å². The highest BCUT2D eigenvalue weighted by Crippen LogP contribution is 2.62. The average Bonchev–Trinajstić information content (AvgIpc) is 2.84. The zero-order valence-electron chi connectivity index (χ0n) is 12.7. The topological polar surface area (TPSA) is 90.5 Å². The zero-order chi connectivity index (χ0) is 15.2. The second kappa shape index (κ2) is 5.25. The molecule has 0 aromatic rings. The molecule has 2 heterocycles. The summed E-state index contributed by atoms with van der Waals surface area (Å²) in [6.45, 7) is 5.87. The van der Waals surface area contributed by atoms with E-state index >= 15 is 0 Å². The molecular formula is C15H25N3O3. The Bertz CT molecular complexity index is 451. The van der Waals surface area contributed by atoms with Crippen molar-refractivity contribution in [1.82, 2.24) is 16.0 Å². The van der Waals surface area contributed by atoms with Crippen LogP contribution in [0.2, 0.25) is 0 Å². The third kappa shape index (κ3) is 2.55. The minimum Gasteiger partial charge on any atom is -0.394 e. The van der Waals surface area contributed by atoms with Crippen molar-refractivity contribution in [3.8, 4) is 0 Å². The van der Waals surface area contributed by atoms with Gasteiger partial charge in [0.2, 0.25) is 11.8 Å². The monoisotopic (exact) mass is 295 g/mol. The third-order valence-electron chi connectivity index (χ3n) is 5.64. The van der Waals surface area contributed by atoms with Crippen molar-refractivity contribution in [2.24, 2.45) is 23.2 Å². The lowest BCUT2D eigenvalue weighted by Crippen LogP contribution is -2.50. The van der Waals surface area contributed by atoms with Crippen molar-refractivity contribution in [3.63, 3.8) is 0 Å². The summed E-state index contributed by atoms with van der Waals surface area (Å²) in [5.74, 6) is 0.882. The van der Waals surface area contributed by atoms with Gasteiger partial charge >= 0.3 is 0 Å². The van der Waals surface area contributed by atoms with Gasteiger partial charge in [0.25, 0.3) is 0 Å². The first kappa shape index (κ1) is 14.8. The maximum atomic E-state index is 12.4. The number of carbonyl (C=O) groups is 2. The van der Waals surface area contributed by atoms with Crippen LogP contribution in [0.15, 0.2) is 0 Å². The van der Waals surface area contributed by atoms with Gasteiger partial charge in [-0.15, -0.1) is 0 Å². The van der Waals surface area contributed by atoms with E-state index in [1.165, 1.54) is 0 Å². The van der Waals surface area contributed by atoms with E-state index in [1.54, 1.807) is 0 Å². The van der Waals surface area contributed by atoms with Crippen LogP contribution in [-0.4, -0.2) is 48.7 Å². The van der Waals surface area contributed by atoms with Crippen molar-refractivity contribution in [2.45, 2.75) is 38.8 Å². The van der Waals surface area contributed by atoms with Gasteiger partial charge in [0.1, 0.15) is 0 Å². The minimum atomic E-state index is -0.339. The van der Waals surface area contributed by atoms with Crippen LogP contribution in [0.1, 0.15) is 26.7 Å². The molecule has 118 valence electrons. The average molecular weight is 295 g/mol. The summed E-state index contributed by atoms with van der Waals surface area (Å²) in [5, 5.41) is 18.5. The van der Waals surface area contributed by atoms with Gasteiger partial charge in [0, 0.05) is 12.5 Å². The van der Waals surface area contributed by atoms with Gasteiger partial charge in [-0.2, -0.15) is 0 Å². The molecule has 2 amide bonds. The number of amides is 2. The highest BCUT2D eigenvalue weighted by molar-refractivity contribution is 5.84. The first-order valence-electron chi connectivity index (χ1n) is 7.87. The van der Waals surface area contributed by atoms with Gasteiger partial charge in [-0.25, -0.2) is 0 Å². The zero-order valence-corrected chi connectivity index (χ0v) is 12.7. The van der Waals surface area contributed by atoms with E-state index in [0.717, 1.165) is 13.0 Å². The maximum absolute atomic E-state index is 12.4. The van der Waals surface area contributed by atoms with Crippen LogP contribution in [0.4, 0.5) is 0 Å². The van der Waals surface area contributed by atoms with Crippen LogP contribution in [-0.2, 0) is 9.59 Å². The Kier molecular flexibility index (Phi) is 3.69. The number of aliphatic hydroxyl groups is 1. The highest BCUT2D eigenvalue weighted by atomic mass is 16.3. The number of hydrogen-bond donors (Lipinski definition) is 4. The Balaban J connectivity index is 1.54. The molecule has 3 unspecified atom stereocenters. The molecular weight excluding hydrogens is 270 g/mol.